The first-order valence-corrected chi connectivity index (χ1v) is 8.84. The molecule has 0 atom stereocenters. The predicted octanol–water partition coefficient (Wildman–Crippen LogP) is 3.80. The number of nitrogen functional groups attached to an aromatic ring is 1. The monoisotopic (exact) mass is 378 g/mol. The lowest BCUT2D eigenvalue weighted by molar-refractivity contribution is 0.0397. The van der Waals surface area contributed by atoms with Crippen molar-refractivity contribution in [2.45, 2.75) is 44.6 Å². The molecule has 1 aliphatic rings. The summed E-state index contributed by atoms with van der Waals surface area (Å²) in [7, 11) is 1.66. The molecule has 2 aromatic rings. The third kappa shape index (κ3) is 5.75. The van der Waals surface area contributed by atoms with Crippen molar-refractivity contribution >= 4 is 24.2 Å². The Balaban J connectivity index is 0.00000243. The molecule has 6 nitrogen and oxygen atoms in total. The van der Waals surface area contributed by atoms with Crippen LogP contribution in [0.3, 0.4) is 0 Å². The summed E-state index contributed by atoms with van der Waals surface area (Å²) in [6, 6.07) is 7.90. The molecule has 0 radical (unpaired) electrons. The number of nitrogens with two attached hydrogens (primary N) is 1. The molecule has 1 heterocycles. The quantitative estimate of drug-likeness (QED) is 0.713. The molecule has 26 heavy (non-hydrogen) atoms. The van der Waals surface area contributed by atoms with E-state index in [2.05, 4.69) is 15.3 Å². The molecule has 1 aliphatic carbocycles. The van der Waals surface area contributed by atoms with E-state index in [1.807, 2.05) is 24.3 Å². The summed E-state index contributed by atoms with van der Waals surface area (Å²) in [5.74, 6) is 1.84. The number of ether oxygens (including phenoxy) is 2. The maximum atomic E-state index is 6.08. The van der Waals surface area contributed by atoms with Crippen LogP contribution in [-0.4, -0.2) is 29.9 Å². The molecule has 3 rings (SSSR count). The van der Waals surface area contributed by atoms with Crippen LogP contribution in [0.5, 0.6) is 5.75 Å². The van der Waals surface area contributed by atoms with E-state index >= 15 is 0 Å². The van der Waals surface area contributed by atoms with E-state index in [1.165, 1.54) is 19.3 Å². The number of benzene rings is 1. The van der Waals surface area contributed by atoms with Crippen LogP contribution in [0, 0.1) is 0 Å². The highest BCUT2D eigenvalue weighted by molar-refractivity contribution is 5.85. The first kappa shape index (κ1) is 20.3. The van der Waals surface area contributed by atoms with Gasteiger partial charge in [0, 0.05) is 18.2 Å². The van der Waals surface area contributed by atoms with E-state index in [1.54, 1.807) is 13.3 Å². The Morgan fingerprint density at radius 3 is 2.54 bits per heavy atom. The molecule has 7 heteroatoms. The third-order valence-electron chi connectivity index (χ3n) is 4.55. The lowest BCUT2D eigenvalue weighted by Crippen LogP contribution is -2.21. The minimum atomic E-state index is 0. The minimum absolute atomic E-state index is 0. The number of nitrogens with zero attached hydrogens (tertiary/aromatic N) is 2. The van der Waals surface area contributed by atoms with E-state index < -0.39 is 0 Å². The van der Waals surface area contributed by atoms with Crippen LogP contribution in [0.25, 0.3) is 0 Å². The Morgan fingerprint density at radius 1 is 1.15 bits per heavy atom. The number of methoxy groups -OCH3 is 1. The van der Waals surface area contributed by atoms with Crippen molar-refractivity contribution in [2.24, 2.45) is 0 Å². The number of aromatic nitrogens is 2. The zero-order valence-corrected chi connectivity index (χ0v) is 15.9. The van der Waals surface area contributed by atoms with E-state index in [0.717, 1.165) is 29.7 Å². The standard InChI is InChI=1S/C19H26N4O2.ClH/c1-24-16-9-7-14(8-10-16)11-15-12-21-19(23-18(15)20)22-13-25-17-5-3-2-4-6-17;/h7-10,12,17H,2-6,11,13H2,1H3,(H3,20,21,22,23);1H. The first-order valence-electron chi connectivity index (χ1n) is 8.84. The molecule has 0 aliphatic heterocycles. The van der Waals surface area contributed by atoms with Crippen LogP contribution < -0.4 is 15.8 Å². The summed E-state index contributed by atoms with van der Waals surface area (Å²) in [5, 5.41) is 3.10. The molecule has 1 aromatic heterocycles. The highest BCUT2D eigenvalue weighted by Crippen LogP contribution is 2.21. The van der Waals surface area contributed by atoms with Crippen LogP contribution >= 0.6 is 12.4 Å². The Labute approximate surface area is 160 Å². The fourth-order valence-corrected chi connectivity index (χ4v) is 3.06. The minimum Gasteiger partial charge on any atom is -0.497 e. The zero-order valence-electron chi connectivity index (χ0n) is 15.1. The SMILES string of the molecule is COc1ccc(Cc2cnc(NCOC3CCCCC3)nc2N)cc1.Cl. The van der Waals surface area contributed by atoms with Gasteiger partial charge in [-0.2, -0.15) is 4.98 Å². The average molecular weight is 379 g/mol. The third-order valence-corrected chi connectivity index (χ3v) is 4.55. The summed E-state index contributed by atoms with van der Waals surface area (Å²) in [5.41, 5.74) is 8.13. The van der Waals surface area contributed by atoms with Gasteiger partial charge in [-0.25, -0.2) is 4.98 Å². The van der Waals surface area contributed by atoms with Crippen molar-refractivity contribution in [3.05, 3.63) is 41.6 Å². The highest BCUT2D eigenvalue weighted by atomic mass is 35.5. The van der Waals surface area contributed by atoms with E-state index in [-0.39, 0.29) is 12.4 Å². The molecule has 3 N–H and O–H groups in total. The maximum Gasteiger partial charge on any atom is 0.226 e. The molecule has 142 valence electrons. The molecule has 0 bridgehead atoms. The van der Waals surface area contributed by atoms with Gasteiger partial charge < -0.3 is 20.5 Å². The first-order chi connectivity index (χ1) is 12.2. The molecule has 0 spiro atoms. The Bertz CT molecular complexity index is 676. The number of rotatable bonds is 7. The van der Waals surface area contributed by atoms with Gasteiger partial charge in [0.2, 0.25) is 5.95 Å². The number of halogens is 1. The van der Waals surface area contributed by atoms with E-state index in [9.17, 15) is 0 Å². The van der Waals surface area contributed by atoms with Crippen molar-refractivity contribution < 1.29 is 9.47 Å². The van der Waals surface area contributed by atoms with Crippen LogP contribution in [0.1, 0.15) is 43.2 Å². The molecule has 1 aromatic carbocycles. The molecule has 1 saturated carbocycles. The van der Waals surface area contributed by atoms with Gasteiger partial charge in [-0.1, -0.05) is 31.4 Å². The van der Waals surface area contributed by atoms with Gasteiger partial charge in [-0.05, 0) is 30.5 Å². The van der Waals surface area contributed by atoms with Crippen LogP contribution in [0.2, 0.25) is 0 Å². The second-order valence-corrected chi connectivity index (χ2v) is 6.38. The molecular weight excluding hydrogens is 352 g/mol. The van der Waals surface area contributed by atoms with Gasteiger partial charge in [0.05, 0.1) is 13.2 Å². The van der Waals surface area contributed by atoms with Crippen LogP contribution in [0.15, 0.2) is 30.5 Å². The Hall–Kier alpha value is -2.05. The maximum absolute atomic E-state index is 6.08. The zero-order chi connectivity index (χ0) is 17.5. The molecule has 0 unspecified atom stereocenters. The van der Waals surface area contributed by atoms with Gasteiger partial charge in [0.15, 0.2) is 0 Å². The fourth-order valence-electron chi connectivity index (χ4n) is 3.06. The molecule has 0 saturated heterocycles. The van der Waals surface area contributed by atoms with Crippen molar-refractivity contribution in [2.75, 3.05) is 24.9 Å². The second kappa shape index (κ2) is 10.2. The van der Waals surface area contributed by atoms with Gasteiger partial charge in [-0.3, -0.25) is 0 Å². The summed E-state index contributed by atoms with van der Waals surface area (Å²) in [6.45, 7) is 0.419. The van der Waals surface area contributed by atoms with Crippen molar-refractivity contribution in [1.29, 1.82) is 0 Å². The normalized spacial score (nSPS) is 14.5. The van der Waals surface area contributed by atoms with Crippen molar-refractivity contribution in [3.8, 4) is 5.75 Å². The summed E-state index contributed by atoms with van der Waals surface area (Å²) in [4.78, 5) is 8.68. The average Bonchev–Trinajstić information content (AvgIpc) is 2.65. The lowest BCUT2D eigenvalue weighted by atomic mass is 9.98. The number of hydrogen-bond donors (Lipinski definition) is 2. The fraction of sp³-hybridized carbons (Fsp3) is 0.474. The van der Waals surface area contributed by atoms with Crippen LogP contribution in [-0.2, 0) is 11.2 Å². The van der Waals surface area contributed by atoms with Gasteiger partial charge in [0.1, 0.15) is 18.3 Å². The van der Waals surface area contributed by atoms with Crippen molar-refractivity contribution in [3.63, 3.8) is 0 Å². The Kier molecular flexibility index (Phi) is 7.94. The van der Waals surface area contributed by atoms with Crippen molar-refractivity contribution in [1.82, 2.24) is 9.97 Å². The van der Waals surface area contributed by atoms with Gasteiger partial charge >= 0.3 is 0 Å². The van der Waals surface area contributed by atoms with Crippen LogP contribution in [0.4, 0.5) is 11.8 Å². The molecular formula is C19H27ClN4O2. The summed E-state index contributed by atoms with van der Waals surface area (Å²) < 4.78 is 11.0. The predicted molar refractivity (Wildman–Crippen MR) is 106 cm³/mol. The molecule has 0 amide bonds. The highest BCUT2D eigenvalue weighted by Gasteiger charge is 2.13. The van der Waals surface area contributed by atoms with E-state index in [0.29, 0.717) is 31.0 Å². The van der Waals surface area contributed by atoms with Gasteiger partial charge in [0.25, 0.3) is 0 Å². The smallest absolute Gasteiger partial charge is 0.226 e. The summed E-state index contributed by atoms with van der Waals surface area (Å²) >= 11 is 0. The number of nitrogens with one attached hydrogen (secondary N) is 1. The van der Waals surface area contributed by atoms with Gasteiger partial charge in [-0.15, -0.1) is 12.4 Å². The molecule has 1 fully saturated rings. The largest absolute Gasteiger partial charge is 0.497 e. The number of hydrogen-bond acceptors (Lipinski definition) is 6. The topological polar surface area (TPSA) is 82.3 Å². The Morgan fingerprint density at radius 2 is 1.88 bits per heavy atom. The lowest BCUT2D eigenvalue weighted by Gasteiger charge is -2.22. The second-order valence-electron chi connectivity index (χ2n) is 6.38. The number of anilines is 2. The summed E-state index contributed by atoms with van der Waals surface area (Å²) in [6.07, 6.45) is 8.94. The van der Waals surface area contributed by atoms with E-state index in [4.69, 9.17) is 15.2 Å².